The molecular formula is C62H116O5. The van der Waals surface area contributed by atoms with E-state index in [0.29, 0.717) is 12.8 Å². The second kappa shape index (κ2) is 58.4. The quantitative estimate of drug-likeness (QED) is 0.0374. The highest BCUT2D eigenvalue weighted by Gasteiger charge is 2.16. The average Bonchev–Trinajstić information content (AvgIpc) is 3.33. The van der Waals surface area contributed by atoms with Gasteiger partial charge in [-0.3, -0.25) is 9.59 Å². The van der Waals surface area contributed by atoms with E-state index in [-0.39, 0.29) is 25.2 Å². The largest absolute Gasteiger partial charge is 0.462 e. The van der Waals surface area contributed by atoms with Crippen LogP contribution in [0.3, 0.4) is 0 Å². The van der Waals surface area contributed by atoms with Crippen LogP contribution >= 0.6 is 0 Å². The molecule has 0 spiro atoms. The van der Waals surface area contributed by atoms with Crippen LogP contribution in [0.2, 0.25) is 0 Å². The van der Waals surface area contributed by atoms with E-state index in [1.165, 1.54) is 257 Å². The summed E-state index contributed by atoms with van der Waals surface area (Å²) in [6.07, 6.45) is 75.8. The molecule has 0 saturated heterocycles. The molecule has 67 heavy (non-hydrogen) atoms. The van der Waals surface area contributed by atoms with Gasteiger partial charge in [-0.1, -0.05) is 301 Å². The van der Waals surface area contributed by atoms with E-state index in [2.05, 4.69) is 50.3 Å². The number of aliphatic hydroxyl groups is 1. The zero-order valence-electron chi connectivity index (χ0n) is 45.2. The fourth-order valence-electron chi connectivity index (χ4n) is 9.15. The Morgan fingerprint density at radius 2 is 0.597 bits per heavy atom. The molecule has 0 aromatic heterocycles. The van der Waals surface area contributed by atoms with Gasteiger partial charge < -0.3 is 14.6 Å². The Morgan fingerprint density at radius 1 is 0.343 bits per heavy atom. The van der Waals surface area contributed by atoms with E-state index in [1.54, 1.807) is 0 Å². The van der Waals surface area contributed by atoms with Gasteiger partial charge in [0, 0.05) is 12.8 Å². The first kappa shape index (κ1) is 65.1. The van der Waals surface area contributed by atoms with Gasteiger partial charge in [0.05, 0.1) is 6.61 Å². The monoisotopic (exact) mass is 941 g/mol. The number of hydrogen-bond donors (Lipinski definition) is 1. The Bertz CT molecular complexity index is 1060. The number of ether oxygens (including phenoxy) is 2. The van der Waals surface area contributed by atoms with Crippen LogP contribution in [-0.4, -0.2) is 36.4 Å². The van der Waals surface area contributed by atoms with Gasteiger partial charge in [0.1, 0.15) is 6.61 Å². The Kier molecular flexibility index (Phi) is 56.8. The fraction of sp³-hybridized carbons (Fsp3) is 0.871. The smallest absolute Gasteiger partial charge is 0.306 e. The van der Waals surface area contributed by atoms with Gasteiger partial charge in [0.25, 0.3) is 0 Å². The topological polar surface area (TPSA) is 72.8 Å². The first-order valence-corrected chi connectivity index (χ1v) is 30.0. The molecule has 1 N–H and O–H groups in total. The molecular weight excluding hydrogens is 825 g/mol. The molecule has 0 fully saturated rings. The molecule has 0 aliphatic rings. The number of esters is 2. The Morgan fingerprint density at radius 3 is 0.896 bits per heavy atom. The maximum Gasteiger partial charge on any atom is 0.306 e. The van der Waals surface area contributed by atoms with Crippen molar-refractivity contribution in [2.75, 3.05) is 13.2 Å². The predicted octanol–water partition coefficient (Wildman–Crippen LogP) is 20.3. The highest BCUT2D eigenvalue weighted by molar-refractivity contribution is 5.70. The summed E-state index contributed by atoms with van der Waals surface area (Å²) < 4.78 is 10.7. The van der Waals surface area contributed by atoms with E-state index in [1.807, 2.05) is 0 Å². The van der Waals surface area contributed by atoms with Crippen molar-refractivity contribution in [3.05, 3.63) is 36.5 Å². The normalized spacial score (nSPS) is 12.3. The first-order chi connectivity index (χ1) is 33.1. The number of rotatable bonds is 56. The number of allylic oxidation sites excluding steroid dienone is 6. The van der Waals surface area contributed by atoms with Gasteiger partial charge in [-0.05, 0) is 51.4 Å². The number of carbonyl (C=O) groups is 2. The van der Waals surface area contributed by atoms with E-state index < -0.39 is 6.10 Å². The minimum absolute atomic E-state index is 0.0587. The molecule has 1 atom stereocenters. The lowest BCUT2D eigenvalue weighted by Crippen LogP contribution is -2.28. The van der Waals surface area contributed by atoms with Crippen LogP contribution in [0, 0.1) is 0 Å². The molecule has 0 aromatic rings. The van der Waals surface area contributed by atoms with Crippen molar-refractivity contribution in [3.8, 4) is 0 Å². The second-order valence-corrected chi connectivity index (χ2v) is 20.4. The molecule has 0 aliphatic carbocycles. The molecule has 0 amide bonds. The first-order valence-electron chi connectivity index (χ1n) is 30.0. The lowest BCUT2D eigenvalue weighted by atomic mass is 10.0. The summed E-state index contributed by atoms with van der Waals surface area (Å²) in [5.74, 6) is -0.571. The van der Waals surface area contributed by atoms with E-state index in [0.717, 1.165) is 44.9 Å². The zero-order chi connectivity index (χ0) is 48.5. The number of unbranched alkanes of at least 4 members (excludes halogenated alkanes) is 42. The number of aliphatic hydroxyl groups excluding tert-OH is 1. The molecule has 394 valence electrons. The summed E-state index contributed by atoms with van der Waals surface area (Å²) >= 11 is 0. The van der Waals surface area contributed by atoms with Gasteiger partial charge in [-0.25, -0.2) is 0 Å². The van der Waals surface area contributed by atoms with Gasteiger partial charge >= 0.3 is 11.9 Å². The van der Waals surface area contributed by atoms with Crippen LogP contribution in [0.1, 0.15) is 328 Å². The summed E-state index contributed by atoms with van der Waals surface area (Å²) in [6, 6.07) is 0. The molecule has 1 unspecified atom stereocenters. The van der Waals surface area contributed by atoms with E-state index >= 15 is 0 Å². The summed E-state index contributed by atoms with van der Waals surface area (Å²) in [5.41, 5.74) is 0. The number of carbonyl (C=O) groups excluding carboxylic acids is 2. The molecule has 0 bridgehead atoms. The van der Waals surface area contributed by atoms with Gasteiger partial charge in [0.15, 0.2) is 6.10 Å². The van der Waals surface area contributed by atoms with Crippen molar-refractivity contribution < 1.29 is 24.2 Å². The Balaban J connectivity index is 3.37. The molecule has 0 aromatic carbocycles. The van der Waals surface area contributed by atoms with Gasteiger partial charge in [-0.15, -0.1) is 0 Å². The molecule has 0 saturated carbocycles. The molecule has 5 heteroatoms. The van der Waals surface area contributed by atoms with Crippen LogP contribution in [-0.2, 0) is 19.1 Å². The van der Waals surface area contributed by atoms with Crippen molar-refractivity contribution in [2.24, 2.45) is 0 Å². The minimum atomic E-state index is -0.766. The lowest BCUT2D eigenvalue weighted by Gasteiger charge is -2.15. The number of hydrogen-bond acceptors (Lipinski definition) is 5. The SMILES string of the molecule is CCCCCCC/C=C\C/C=C\C/C=C\CCCCCCCCCCCCCCCCCCCCCCCCCCC(=O)OC(CO)COC(=O)CCCCCCCCCCCCCCCC. The maximum absolute atomic E-state index is 12.3. The Labute approximate surface area is 418 Å². The van der Waals surface area contributed by atoms with Crippen LogP contribution < -0.4 is 0 Å². The predicted molar refractivity (Wildman–Crippen MR) is 293 cm³/mol. The van der Waals surface area contributed by atoms with E-state index in [4.69, 9.17) is 9.47 Å². The molecule has 0 rings (SSSR count). The summed E-state index contributed by atoms with van der Waals surface area (Å²) in [6.45, 7) is 4.17. The summed E-state index contributed by atoms with van der Waals surface area (Å²) in [4.78, 5) is 24.5. The van der Waals surface area contributed by atoms with Crippen LogP contribution in [0.25, 0.3) is 0 Å². The third-order valence-corrected chi connectivity index (χ3v) is 13.7. The summed E-state index contributed by atoms with van der Waals surface area (Å²) in [7, 11) is 0. The molecule has 0 radical (unpaired) electrons. The summed E-state index contributed by atoms with van der Waals surface area (Å²) in [5, 5.41) is 9.63. The van der Waals surface area contributed by atoms with Crippen LogP contribution in [0.4, 0.5) is 0 Å². The van der Waals surface area contributed by atoms with Gasteiger partial charge in [-0.2, -0.15) is 0 Å². The van der Waals surface area contributed by atoms with Crippen molar-refractivity contribution in [2.45, 2.75) is 335 Å². The van der Waals surface area contributed by atoms with Crippen molar-refractivity contribution in [1.29, 1.82) is 0 Å². The highest BCUT2D eigenvalue weighted by atomic mass is 16.6. The second-order valence-electron chi connectivity index (χ2n) is 20.4. The van der Waals surface area contributed by atoms with Crippen LogP contribution in [0.15, 0.2) is 36.5 Å². The lowest BCUT2D eigenvalue weighted by molar-refractivity contribution is -0.161. The third-order valence-electron chi connectivity index (χ3n) is 13.7. The molecule has 0 heterocycles. The highest BCUT2D eigenvalue weighted by Crippen LogP contribution is 2.18. The van der Waals surface area contributed by atoms with Crippen molar-refractivity contribution >= 4 is 11.9 Å². The zero-order valence-corrected chi connectivity index (χ0v) is 45.2. The maximum atomic E-state index is 12.3. The average molecular weight is 942 g/mol. The van der Waals surface area contributed by atoms with E-state index in [9.17, 15) is 14.7 Å². The van der Waals surface area contributed by atoms with Crippen molar-refractivity contribution in [3.63, 3.8) is 0 Å². The molecule has 0 aliphatic heterocycles. The van der Waals surface area contributed by atoms with Crippen LogP contribution in [0.5, 0.6) is 0 Å². The fourth-order valence-corrected chi connectivity index (χ4v) is 9.15. The standard InChI is InChI=1S/C62H116O5/c1-3-5-7-9-11-13-15-17-19-20-21-22-23-24-25-26-27-28-29-30-31-32-33-34-35-36-37-38-39-40-41-42-43-45-47-49-51-53-55-57-62(65)67-60(58-63)59-66-61(64)56-54-52-50-48-46-44-18-16-14-12-10-8-6-4-2/h15,17,20-21,23-24,60,63H,3-14,16,18-19,22,25-59H2,1-2H3/b17-15-,21-20-,24-23-. The van der Waals surface area contributed by atoms with Crippen molar-refractivity contribution in [1.82, 2.24) is 0 Å². The molecule has 5 nitrogen and oxygen atoms in total. The Hall–Kier alpha value is -1.88. The minimum Gasteiger partial charge on any atom is -0.462 e. The van der Waals surface area contributed by atoms with Gasteiger partial charge in [0.2, 0.25) is 0 Å². The third kappa shape index (κ3) is 56.6.